The molecule has 2 amide bonds. The van der Waals surface area contributed by atoms with Crippen LogP contribution in [0, 0.1) is 5.92 Å². The summed E-state index contributed by atoms with van der Waals surface area (Å²) in [7, 11) is 3.66. The van der Waals surface area contributed by atoms with E-state index in [-0.39, 0.29) is 18.4 Å². The molecule has 2 N–H and O–H groups in total. The Morgan fingerprint density at radius 3 is 2.57 bits per heavy atom. The van der Waals surface area contributed by atoms with Crippen LogP contribution in [0.1, 0.15) is 19.3 Å². The van der Waals surface area contributed by atoms with E-state index in [2.05, 4.69) is 10.2 Å². The highest BCUT2D eigenvalue weighted by atomic mass is 16.5. The van der Waals surface area contributed by atoms with Crippen LogP contribution in [0.25, 0.3) is 0 Å². The van der Waals surface area contributed by atoms with Gasteiger partial charge in [0.2, 0.25) is 0 Å². The van der Waals surface area contributed by atoms with Gasteiger partial charge in [-0.2, -0.15) is 0 Å². The van der Waals surface area contributed by atoms with Crippen molar-refractivity contribution in [2.24, 2.45) is 5.92 Å². The van der Waals surface area contributed by atoms with Crippen molar-refractivity contribution in [1.29, 1.82) is 0 Å². The lowest BCUT2D eigenvalue weighted by Crippen LogP contribution is -2.46. The Kier molecular flexibility index (Phi) is 8.07. The van der Waals surface area contributed by atoms with Crippen molar-refractivity contribution in [3.8, 4) is 0 Å². The average molecular weight is 301 g/mol. The number of amides is 2. The molecule has 7 heteroatoms. The van der Waals surface area contributed by atoms with E-state index in [1.54, 1.807) is 12.0 Å². The number of carbonyl (C=O) groups is 2. The first-order valence-corrected chi connectivity index (χ1v) is 7.45. The van der Waals surface area contributed by atoms with Crippen molar-refractivity contribution in [3.63, 3.8) is 0 Å². The number of hydrogen-bond donors (Lipinski definition) is 2. The number of likely N-dealkylation sites (N-methyl/N-ethyl adjacent to an activating group) is 1. The lowest BCUT2D eigenvalue weighted by atomic mass is 9.94. The average Bonchev–Trinajstić information content (AvgIpc) is 2.45. The first kappa shape index (κ1) is 17.7. The summed E-state index contributed by atoms with van der Waals surface area (Å²) in [6, 6.07) is -0.0519. The van der Waals surface area contributed by atoms with Crippen LogP contribution in [0.15, 0.2) is 0 Å². The van der Waals surface area contributed by atoms with Crippen molar-refractivity contribution in [1.82, 2.24) is 15.1 Å². The second-order valence-electron chi connectivity index (χ2n) is 5.56. The molecular weight excluding hydrogens is 274 g/mol. The van der Waals surface area contributed by atoms with Crippen LogP contribution in [-0.2, 0) is 9.53 Å². The van der Waals surface area contributed by atoms with Crippen molar-refractivity contribution in [2.45, 2.75) is 19.3 Å². The molecule has 1 saturated heterocycles. The zero-order valence-corrected chi connectivity index (χ0v) is 13.0. The molecule has 21 heavy (non-hydrogen) atoms. The number of piperidine rings is 1. The lowest BCUT2D eigenvalue weighted by molar-refractivity contribution is -0.138. The first-order chi connectivity index (χ1) is 10.0. The lowest BCUT2D eigenvalue weighted by Gasteiger charge is -2.31. The van der Waals surface area contributed by atoms with E-state index in [0.717, 1.165) is 25.9 Å². The number of nitrogens with zero attached hydrogens (tertiary/aromatic N) is 2. The maximum atomic E-state index is 12.0. The first-order valence-electron chi connectivity index (χ1n) is 7.45. The number of ether oxygens (including phenoxy) is 1. The van der Waals surface area contributed by atoms with E-state index < -0.39 is 5.97 Å². The van der Waals surface area contributed by atoms with Crippen LogP contribution in [0.4, 0.5) is 4.79 Å². The fourth-order valence-corrected chi connectivity index (χ4v) is 2.41. The van der Waals surface area contributed by atoms with Crippen LogP contribution >= 0.6 is 0 Å². The van der Waals surface area contributed by atoms with Gasteiger partial charge < -0.3 is 25.0 Å². The quantitative estimate of drug-likeness (QED) is 0.681. The van der Waals surface area contributed by atoms with Gasteiger partial charge in [0.15, 0.2) is 0 Å². The minimum absolute atomic E-state index is 0.0519. The minimum Gasteiger partial charge on any atom is -0.481 e. The third-order valence-corrected chi connectivity index (χ3v) is 3.81. The Morgan fingerprint density at radius 2 is 2.00 bits per heavy atom. The summed E-state index contributed by atoms with van der Waals surface area (Å²) in [4.78, 5) is 26.5. The highest BCUT2D eigenvalue weighted by Gasteiger charge is 2.23. The van der Waals surface area contributed by atoms with Crippen molar-refractivity contribution < 1.29 is 19.4 Å². The molecule has 0 bridgehead atoms. The van der Waals surface area contributed by atoms with Crippen LogP contribution < -0.4 is 5.32 Å². The Hall–Kier alpha value is -1.34. The Bertz CT molecular complexity index is 330. The number of carboxylic acid groups (broad SMARTS) is 1. The highest BCUT2D eigenvalue weighted by molar-refractivity contribution is 5.74. The molecule has 1 fully saturated rings. The van der Waals surface area contributed by atoms with E-state index in [9.17, 15) is 9.59 Å². The van der Waals surface area contributed by atoms with Gasteiger partial charge in [-0.15, -0.1) is 0 Å². The molecule has 0 unspecified atom stereocenters. The number of carboxylic acids is 1. The molecule has 1 heterocycles. The van der Waals surface area contributed by atoms with E-state index in [1.165, 1.54) is 0 Å². The van der Waals surface area contributed by atoms with Gasteiger partial charge in [0.05, 0.1) is 6.61 Å². The van der Waals surface area contributed by atoms with E-state index in [0.29, 0.717) is 26.2 Å². The number of rotatable bonds is 8. The number of methoxy groups -OCH3 is 1. The molecule has 1 aliphatic rings. The molecule has 1 rings (SSSR count). The molecule has 7 nitrogen and oxygen atoms in total. The van der Waals surface area contributed by atoms with Crippen LogP contribution in [-0.4, -0.2) is 80.4 Å². The number of carbonyl (C=O) groups excluding carboxylic acids is 1. The number of urea groups is 1. The molecule has 0 aromatic rings. The second-order valence-corrected chi connectivity index (χ2v) is 5.56. The van der Waals surface area contributed by atoms with Gasteiger partial charge in [-0.3, -0.25) is 4.79 Å². The number of aliphatic carboxylic acids is 1. The van der Waals surface area contributed by atoms with Crippen molar-refractivity contribution in [2.75, 3.05) is 53.5 Å². The third-order valence-electron chi connectivity index (χ3n) is 3.81. The molecular formula is C14H27N3O4. The summed E-state index contributed by atoms with van der Waals surface area (Å²) < 4.78 is 4.99. The smallest absolute Gasteiger partial charge is 0.317 e. The van der Waals surface area contributed by atoms with E-state index in [1.807, 2.05) is 7.05 Å². The minimum atomic E-state index is -0.753. The topological polar surface area (TPSA) is 82.1 Å². The van der Waals surface area contributed by atoms with E-state index >= 15 is 0 Å². The number of hydrogen-bond acceptors (Lipinski definition) is 4. The number of nitrogens with one attached hydrogen (secondary N) is 1. The molecule has 1 aliphatic heterocycles. The molecule has 0 aliphatic carbocycles. The predicted molar refractivity (Wildman–Crippen MR) is 79.3 cm³/mol. The zero-order chi connectivity index (χ0) is 15.7. The molecule has 0 spiro atoms. The maximum Gasteiger partial charge on any atom is 0.317 e. The monoisotopic (exact) mass is 301 g/mol. The molecule has 0 aromatic heterocycles. The highest BCUT2D eigenvalue weighted by Crippen LogP contribution is 2.20. The Labute approximate surface area is 126 Å². The summed E-state index contributed by atoms with van der Waals surface area (Å²) in [5, 5.41) is 11.7. The Balaban J connectivity index is 2.15. The summed E-state index contributed by atoms with van der Waals surface area (Å²) >= 11 is 0. The van der Waals surface area contributed by atoms with Crippen LogP contribution in [0.5, 0.6) is 0 Å². The summed E-state index contributed by atoms with van der Waals surface area (Å²) in [6.07, 6.45) is 1.75. The SMILES string of the molecule is COCCN(C)CCNC(=O)N1CCC(CC(=O)O)CC1. The zero-order valence-electron chi connectivity index (χ0n) is 13.0. The van der Waals surface area contributed by atoms with Gasteiger partial charge in [0, 0.05) is 46.3 Å². The van der Waals surface area contributed by atoms with Crippen LogP contribution in [0.3, 0.4) is 0 Å². The number of likely N-dealkylation sites (tertiary alicyclic amines) is 1. The van der Waals surface area contributed by atoms with Crippen LogP contribution in [0.2, 0.25) is 0 Å². The normalized spacial score (nSPS) is 16.2. The standard InChI is InChI=1S/C14H27N3O4/c1-16(9-10-21-2)8-5-15-14(20)17-6-3-12(4-7-17)11-13(18)19/h12H,3-11H2,1-2H3,(H,15,20)(H,18,19). The van der Waals surface area contributed by atoms with E-state index in [4.69, 9.17) is 9.84 Å². The largest absolute Gasteiger partial charge is 0.481 e. The Morgan fingerprint density at radius 1 is 1.33 bits per heavy atom. The van der Waals surface area contributed by atoms with Gasteiger partial charge in [0.1, 0.15) is 0 Å². The van der Waals surface area contributed by atoms with Crippen molar-refractivity contribution >= 4 is 12.0 Å². The van der Waals surface area contributed by atoms with Gasteiger partial charge in [0.25, 0.3) is 0 Å². The second kappa shape index (κ2) is 9.57. The third kappa shape index (κ3) is 7.29. The van der Waals surface area contributed by atoms with Gasteiger partial charge in [-0.05, 0) is 25.8 Å². The fraction of sp³-hybridized carbons (Fsp3) is 0.857. The molecule has 0 saturated carbocycles. The fourth-order valence-electron chi connectivity index (χ4n) is 2.41. The van der Waals surface area contributed by atoms with Gasteiger partial charge in [-0.25, -0.2) is 4.79 Å². The summed E-state index contributed by atoms with van der Waals surface area (Å²) in [5.41, 5.74) is 0. The molecule has 0 atom stereocenters. The molecule has 0 radical (unpaired) electrons. The predicted octanol–water partition coefficient (Wildman–Crippen LogP) is 0.461. The molecule has 0 aromatic carbocycles. The van der Waals surface area contributed by atoms with Gasteiger partial charge >= 0.3 is 12.0 Å². The van der Waals surface area contributed by atoms with Gasteiger partial charge in [-0.1, -0.05) is 0 Å². The summed E-state index contributed by atoms with van der Waals surface area (Å²) in [5.74, 6) is -0.552. The molecule has 122 valence electrons. The maximum absolute atomic E-state index is 12.0. The van der Waals surface area contributed by atoms with Crippen molar-refractivity contribution in [3.05, 3.63) is 0 Å². The summed E-state index contributed by atoms with van der Waals surface area (Å²) in [6.45, 7) is 4.19.